The maximum absolute atomic E-state index is 6.03. The Morgan fingerprint density at radius 2 is 1.83 bits per heavy atom. The number of methoxy groups -OCH3 is 1. The summed E-state index contributed by atoms with van der Waals surface area (Å²) in [7, 11) is 1.67. The number of halogens is 3. The zero-order valence-corrected chi connectivity index (χ0v) is 19.7. The summed E-state index contributed by atoms with van der Waals surface area (Å²) in [4.78, 5) is 2.46. The Morgan fingerprint density at radius 3 is 2.57 bits per heavy atom. The van der Waals surface area contributed by atoms with Gasteiger partial charge in [0.2, 0.25) is 0 Å². The number of rotatable bonds is 10. The molecule has 2 aromatic rings. The van der Waals surface area contributed by atoms with Crippen LogP contribution in [0.1, 0.15) is 17.5 Å². The molecule has 2 aromatic carbocycles. The van der Waals surface area contributed by atoms with Gasteiger partial charge in [0.05, 0.1) is 20.3 Å². The van der Waals surface area contributed by atoms with Gasteiger partial charge >= 0.3 is 0 Å². The normalized spacial score (nSPS) is 13.8. The number of morpholine rings is 1. The van der Waals surface area contributed by atoms with Crippen LogP contribution < -0.4 is 14.8 Å². The van der Waals surface area contributed by atoms with Crippen LogP contribution >= 0.6 is 36.4 Å². The number of hydrogen-bond donors (Lipinski definition) is 1. The number of benzene rings is 2. The molecule has 1 aliphatic rings. The molecule has 30 heavy (non-hydrogen) atoms. The second kappa shape index (κ2) is 14.7. The molecule has 1 aliphatic heterocycles. The van der Waals surface area contributed by atoms with Crippen molar-refractivity contribution in [1.29, 1.82) is 0 Å². The first-order valence-corrected chi connectivity index (χ1v) is 10.2. The molecule has 3 rings (SSSR count). The van der Waals surface area contributed by atoms with E-state index >= 15 is 0 Å². The zero-order chi connectivity index (χ0) is 19.6. The van der Waals surface area contributed by atoms with Gasteiger partial charge in [-0.05, 0) is 54.9 Å². The van der Waals surface area contributed by atoms with E-state index in [1.807, 2.05) is 36.4 Å². The minimum absolute atomic E-state index is 0. The van der Waals surface area contributed by atoms with Crippen molar-refractivity contribution in [2.24, 2.45) is 0 Å². The Balaban J connectivity index is 0.00000225. The van der Waals surface area contributed by atoms with Gasteiger partial charge in [-0.2, -0.15) is 0 Å². The van der Waals surface area contributed by atoms with Gasteiger partial charge in [0.1, 0.15) is 6.61 Å². The lowest BCUT2D eigenvalue weighted by Crippen LogP contribution is -2.37. The third-order valence-corrected chi connectivity index (χ3v) is 5.01. The summed E-state index contributed by atoms with van der Waals surface area (Å²) in [5, 5.41) is 4.22. The highest BCUT2D eigenvalue weighted by Gasteiger charge is 2.09. The van der Waals surface area contributed by atoms with Crippen LogP contribution in [-0.4, -0.2) is 51.4 Å². The summed E-state index contributed by atoms with van der Waals surface area (Å²) >= 11 is 6.03. The molecule has 5 nitrogen and oxygen atoms in total. The first kappa shape index (κ1) is 26.8. The molecule has 0 aromatic heterocycles. The predicted octanol–water partition coefficient (Wildman–Crippen LogP) is 4.58. The van der Waals surface area contributed by atoms with Crippen molar-refractivity contribution in [1.82, 2.24) is 10.2 Å². The Labute approximate surface area is 196 Å². The minimum Gasteiger partial charge on any atom is -0.493 e. The van der Waals surface area contributed by atoms with Crippen molar-refractivity contribution < 1.29 is 14.2 Å². The highest BCUT2D eigenvalue weighted by molar-refractivity contribution is 6.30. The van der Waals surface area contributed by atoms with Gasteiger partial charge in [-0.3, -0.25) is 4.90 Å². The van der Waals surface area contributed by atoms with Gasteiger partial charge in [-0.25, -0.2) is 0 Å². The molecule has 1 heterocycles. The number of nitrogens with zero attached hydrogens (tertiary/aromatic N) is 1. The Morgan fingerprint density at radius 1 is 1.03 bits per heavy atom. The topological polar surface area (TPSA) is 43.0 Å². The van der Waals surface area contributed by atoms with Gasteiger partial charge in [0.25, 0.3) is 0 Å². The summed E-state index contributed by atoms with van der Waals surface area (Å²) in [6.45, 7) is 7.20. The monoisotopic (exact) mass is 476 g/mol. The van der Waals surface area contributed by atoms with Crippen molar-refractivity contribution in [2.45, 2.75) is 19.6 Å². The SMILES string of the molecule is COc1cc(CNCCCN2CCOCC2)ccc1OCc1cccc(Cl)c1.Cl.Cl. The summed E-state index contributed by atoms with van der Waals surface area (Å²) in [6, 6.07) is 13.7. The molecule has 0 aliphatic carbocycles. The van der Waals surface area contributed by atoms with Crippen molar-refractivity contribution in [3.8, 4) is 11.5 Å². The van der Waals surface area contributed by atoms with E-state index in [1.54, 1.807) is 7.11 Å². The minimum atomic E-state index is 0. The fourth-order valence-corrected chi connectivity index (χ4v) is 3.43. The third-order valence-electron chi connectivity index (χ3n) is 4.77. The van der Waals surface area contributed by atoms with E-state index in [2.05, 4.69) is 16.3 Å². The highest BCUT2D eigenvalue weighted by atomic mass is 35.5. The van der Waals surface area contributed by atoms with Crippen molar-refractivity contribution in [2.75, 3.05) is 46.5 Å². The first-order chi connectivity index (χ1) is 13.7. The van der Waals surface area contributed by atoms with E-state index in [1.165, 1.54) is 5.56 Å². The largest absolute Gasteiger partial charge is 0.493 e. The number of hydrogen-bond acceptors (Lipinski definition) is 5. The van der Waals surface area contributed by atoms with Crippen LogP contribution in [0.4, 0.5) is 0 Å². The van der Waals surface area contributed by atoms with Crippen molar-refractivity contribution in [3.63, 3.8) is 0 Å². The summed E-state index contributed by atoms with van der Waals surface area (Å²) in [5.74, 6) is 1.48. The second-order valence-electron chi connectivity index (χ2n) is 6.89. The third kappa shape index (κ3) is 8.88. The fraction of sp³-hybridized carbons (Fsp3) is 0.455. The van der Waals surface area contributed by atoms with Gasteiger partial charge in [0.15, 0.2) is 11.5 Å². The fourth-order valence-electron chi connectivity index (χ4n) is 3.21. The van der Waals surface area contributed by atoms with E-state index in [0.29, 0.717) is 11.6 Å². The van der Waals surface area contributed by atoms with Gasteiger partial charge in [-0.1, -0.05) is 29.8 Å². The highest BCUT2D eigenvalue weighted by Crippen LogP contribution is 2.29. The summed E-state index contributed by atoms with van der Waals surface area (Å²) in [5.41, 5.74) is 2.21. The van der Waals surface area contributed by atoms with E-state index < -0.39 is 0 Å². The molecule has 1 fully saturated rings. The van der Waals surface area contributed by atoms with Crippen LogP contribution in [0.3, 0.4) is 0 Å². The molecule has 1 N–H and O–H groups in total. The maximum Gasteiger partial charge on any atom is 0.161 e. The van der Waals surface area contributed by atoms with Gasteiger partial charge in [0, 0.05) is 24.7 Å². The molecule has 0 bridgehead atoms. The van der Waals surface area contributed by atoms with Crippen LogP contribution in [0.5, 0.6) is 11.5 Å². The van der Waals surface area contributed by atoms with E-state index in [4.69, 9.17) is 25.8 Å². The molecule has 0 saturated carbocycles. The molecule has 0 spiro atoms. The molecule has 0 atom stereocenters. The standard InChI is InChI=1S/C22H29ClN2O3.2ClH/c1-26-22-15-18(16-24-8-3-9-25-10-12-27-13-11-25)6-7-21(22)28-17-19-4-2-5-20(23)14-19;;/h2,4-7,14-15,24H,3,8-13,16-17H2,1H3;2*1H. The lowest BCUT2D eigenvalue weighted by atomic mass is 10.2. The first-order valence-electron chi connectivity index (χ1n) is 9.79. The van der Waals surface area contributed by atoms with E-state index in [9.17, 15) is 0 Å². The summed E-state index contributed by atoms with van der Waals surface area (Å²) < 4.78 is 16.8. The van der Waals surface area contributed by atoms with Crippen LogP contribution in [0.2, 0.25) is 5.02 Å². The second-order valence-corrected chi connectivity index (χ2v) is 7.32. The van der Waals surface area contributed by atoms with Crippen molar-refractivity contribution in [3.05, 3.63) is 58.6 Å². The molecular weight excluding hydrogens is 447 g/mol. The predicted molar refractivity (Wildman–Crippen MR) is 127 cm³/mol. The molecule has 8 heteroatoms. The maximum atomic E-state index is 6.03. The molecule has 0 amide bonds. The Hall–Kier alpha value is -1.21. The van der Waals surface area contributed by atoms with Crippen LogP contribution in [0.25, 0.3) is 0 Å². The quantitative estimate of drug-likeness (QED) is 0.507. The van der Waals surface area contributed by atoms with E-state index in [-0.39, 0.29) is 24.8 Å². The van der Waals surface area contributed by atoms with Gasteiger partial charge < -0.3 is 19.5 Å². The number of nitrogens with one attached hydrogen (secondary N) is 1. The van der Waals surface area contributed by atoms with E-state index in [0.717, 1.165) is 69.4 Å². The van der Waals surface area contributed by atoms with Crippen LogP contribution in [-0.2, 0) is 17.9 Å². The van der Waals surface area contributed by atoms with Crippen LogP contribution in [0.15, 0.2) is 42.5 Å². The average Bonchev–Trinajstić information content (AvgIpc) is 2.73. The average molecular weight is 478 g/mol. The van der Waals surface area contributed by atoms with Crippen molar-refractivity contribution >= 4 is 36.4 Å². The van der Waals surface area contributed by atoms with Crippen LogP contribution in [0, 0.1) is 0 Å². The lowest BCUT2D eigenvalue weighted by Gasteiger charge is -2.26. The molecule has 0 radical (unpaired) electrons. The lowest BCUT2D eigenvalue weighted by molar-refractivity contribution is 0.0374. The molecule has 0 unspecified atom stereocenters. The summed E-state index contributed by atoms with van der Waals surface area (Å²) in [6.07, 6.45) is 1.14. The molecular formula is C22H31Cl3N2O3. The zero-order valence-electron chi connectivity index (χ0n) is 17.3. The van der Waals surface area contributed by atoms with Gasteiger partial charge in [-0.15, -0.1) is 24.8 Å². The number of ether oxygens (including phenoxy) is 3. The Kier molecular flexibility index (Phi) is 13.2. The Bertz CT molecular complexity index is 743. The molecule has 168 valence electrons. The molecule has 1 saturated heterocycles. The smallest absolute Gasteiger partial charge is 0.161 e.